The standard InChI is InChI=1S/C24H45NO3/c1-2-3-4-5-6-7-8-9-10-11-12-13-14-15-16-17-21-28-24(27)25-20-18-19-23(25)22-26/h9-10,23,26H,2-8,11-22H2,1H3/b10-9-/t23-/m0/s1. The smallest absolute Gasteiger partial charge is 0.410 e. The van der Waals surface area contributed by atoms with Crippen molar-refractivity contribution in [3.8, 4) is 0 Å². The number of ether oxygens (including phenoxy) is 1. The maximum Gasteiger partial charge on any atom is 0.410 e. The molecule has 0 spiro atoms. The predicted molar refractivity (Wildman–Crippen MR) is 118 cm³/mol. The molecule has 1 heterocycles. The highest BCUT2D eigenvalue weighted by Crippen LogP contribution is 2.18. The number of aliphatic hydroxyl groups is 1. The van der Waals surface area contributed by atoms with Gasteiger partial charge in [-0.1, -0.05) is 76.9 Å². The second-order valence-electron chi connectivity index (χ2n) is 8.22. The third-order valence-electron chi connectivity index (χ3n) is 5.70. The number of likely N-dealkylation sites (tertiary alicyclic amines) is 1. The molecule has 28 heavy (non-hydrogen) atoms. The van der Waals surface area contributed by atoms with Gasteiger partial charge >= 0.3 is 6.09 Å². The third kappa shape index (κ3) is 12.4. The van der Waals surface area contributed by atoms with Crippen molar-refractivity contribution in [2.45, 2.75) is 116 Å². The van der Waals surface area contributed by atoms with Crippen LogP contribution in [0, 0.1) is 0 Å². The lowest BCUT2D eigenvalue weighted by Crippen LogP contribution is -2.38. The van der Waals surface area contributed by atoms with Crippen LogP contribution >= 0.6 is 0 Å². The summed E-state index contributed by atoms with van der Waals surface area (Å²) in [6.45, 7) is 3.54. The van der Waals surface area contributed by atoms with Gasteiger partial charge in [0.1, 0.15) is 0 Å². The van der Waals surface area contributed by atoms with E-state index in [1.165, 1.54) is 77.0 Å². The lowest BCUT2D eigenvalue weighted by atomic mass is 10.1. The molecule has 4 nitrogen and oxygen atoms in total. The molecule has 1 aliphatic heterocycles. The Morgan fingerprint density at radius 2 is 1.50 bits per heavy atom. The molecule has 1 N–H and O–H groups in total. The number of allylic oxidation sites excluding steroid dienone is 2. The quantitative estimate of drug-likeness (QED) is 0.222. The number of carbonyl (C=O) groups is 1. The van der Waals surface area contributed by atoms with Crippen LogP contribution in [0.5, 0.6) is 0 Å². The molecule has 1 rings (SSSR count). The van der Waals surface area contributed by atoms with Gasteiger partial charge in [0, 0.05) is 6.54 Å². The van der Waals surface area contributed by atoms with E-state index < -0.39 is 0 Å². The first-order valence-electron chi connectivity index (χ1n) is 12.0. The summed E-state index contributed by atoms with van der Waals surface area (Å²) in [7, 11) is 0. The number of aliphatic hydroxyl groups excluding tert-OH is 1. The number of unbranched alkanes of at least 4 members (excludes halogenated alkanes) is 12. The van der Waals surface area contributed by atoms with Gasteiger partial charge in [-0.3, -0.25) is 0 Å². The van der Waals surface area contributed by atoms with Crippen molar-refractivity contribution in [2.24, 2.45) is 0 Å². The van der Waals surface area contributed by atoms with Crippen LogP contribution in [-0.2, 0) is 4.74 Å². The molecule has 164 valence electrons. The molecular formula is C24H45NO3. The Kier molecular flexibility index (Phi) is 16.1. The molecule has 0 unspecified atom stereocenters. The maximum atomic E-state index is 12.0. The fourth-order valence-corrected chi connectivity index (χ4v) is 3.86. The van der Waals surface area contributed by atoms with Gasteiger partial charge in [0.25, 0.3) is 0 Å². The molecule has 0 aromatic carbocycles. The van der Waals surface area contributed by atoms with Crippen molar-refractivity contribution in [3.05, 3.63) is 12.2 Å². The van der Waals surface area contributed by atoms with Crippen LogP contribution in [0.2, 0.25) is 0 Å². The lowest BCUT2D eigenvalue weighted by molar-refractivity contribution is 0.0833. The van der Waals surface area contributed by atoms with Crippen molar-refractivity contribution in [1.82, 2.24) is 4.90 Å². The summed E-state index contributed by atoms with van der Waals surface area (Å²) >= 11 is 0. The fourth-order valence-electron chi connectivity index (χ4n) is 3.86. The van der Waals surface area contributed by atoms with Crippen LogP contribution < -0.4 is 0 Å². The van der Waals surface area contributed by atoms with E-state index >= 15 is 0 Å². The molecule has 1 aliphatic rings. The Morgan fingerprint density at radius 1 is 0.929 bits per heavy atom. The molecule has 1 amide bonds. The van der Waals surface area contributed by atoms with E-state index in [1.54, 1.807) is 4.90 Å². The Bertz CT molecular complexity index is 397. The van der Waals surface area contributed by atoms with E-state index in [0.29, 0.717) is 6.61 Å². The van der Waals surface area contributed by atoms with Crippen LogP contribution in [0.1, 0.15) is 110 Å². The van der Waals surface area contributed by atoms with Crippen LogP contribution in [0.25, 0.3) is 0 Å². The molecule has 1 fully saturated rings. The fraction of sp³-hybridized carbons (Fsp3) is 0.875. The monoisotopic (exact) mass is 395 g/mol. The molecule has 1 atom stereocenters. The van der Waals surface area contributed by atoms with Gasteiger partial charge in [0.15, 0.2) is 0 Å². The van der Waals surface area contributed by atoms with Crippen molar-refractivity contribution in [3.63, 3.8) is 0 Å². The minimum absolute atomic E-state index is 0.0349. The van der Waals surface area contributed by atoms with Gasteiger partial charge in [0.05, 0.1) is 19.3 Å². The topological polar surface area (TPSA) is 49.8 Å². The molecule has 0 aromatic heterocycles. The Labute approximate surface area is 173 Å². The molecule has 0 aliphatic carbocycles. The molecular weight excluding hydrogens is 350 g/mol. The van der Waals surface area contributed by atoms with Crippen molar-refractivity contribution in [1.29, 1.82) is 0 Å². The van der Waals surface area contributed by atoms with Gasteiger partial charge in [-0.2, -0.15) is 0 Å². The first kappa shape index (κ1) is 25.0. The summed E-state index contributed by atoms with van der Waals surface area (Å²) in [5.41, 5.74) is 0. The van der Waals surface area contributed by atoms with Crippen LogP contribution in [0.3, 0.4) is 0 Å². The van der Waals surface area contributed by atoms with Gasteiger partial charge in [-0.15, -0.1) is 0 Å². The Morgan fingerprint density at radius 3 is 2.11 bits per heavy atom. The average molecular weight is 396 g/mol. The van der Waals surface area contributed by atoms with E-state index in [9.17, 15) is 9.90 Å². The minimum Gasteiger partial charge on any atom is -0.449 e. The summed E-state index contributed by atoms with van der Waals surface area (Å²) in [5, 5.41) is 9.25. The largest absolute Gasteiger partial charge is 0.449 e. The normalized spacial score (nSPS) is 16.9. The average Bonchev–Trinajstić information content (AvgIpc) is 3.19. The first-order chi connectivity index (χ1) is 13.8. The maximum absolute atomic E-state index is 12.0. The SMILES string of the molecule is CCCCCCCC/C=C\CCCCCCCCOC(=O)N1CCC[C@H]1CO. The van der Waals surface area contributed by atoms with Crippen molar-refractivity contribution in [2.75, 3.05) is 19.8 Å². The van der Waals surface area contributed by atoms with Gasteiger partial charge in [0.2, 0.25) is 0 Å². The Balaban J connectivity index is 1.80. The number of hydrogen-bond donors (Lipinski definition) is 1. The molecule has 0 aromatic rings. The van der Waals surface area contributed by atoms with Crippen LogP contribution in [-0.4, -0.2) is 41.9 Å². The Hall–Kier alpha value is -1.03. The van der Waals surface area contributed by atoms with E-state index in [2.05, 4.69) is 19.1 Å². The van der Waals surface area contributed by atoms with Crippen molar-refractivity contribution < 1.29 is 14.6 Å². The molecule has 4 heteroatoms. The molecule has 0 radical (unpaired) electrons. The van der Waals surface area contributed by atoms with Crippen LogP contribution in [0.15, 0.2) is 12.2 Å². The van der Waals surface area contributed by atoms with Gasteiger partial charge in [-0.25, -0.2) is 4.79 Å². The highest BCUT2D eigenvalue weighted by Gasteiger charge is 2.28. The number of carbonyl (C=O) groups excluding carboxylic acids is 1. The van der Waals surface area contributed by atoms with E-state index in [4.69, 9.17) is 4.74 Å². The summed E-state index contributed by atoms with van der Waals surface area (Å²) in [6, 6.07) is -0.0349. The number of nitrogens with zero attached hydrogens (tertiary/aromatic N) is 1. The second kappa shape index (κ2) is 18.0. The van der Waals surface area contributed by atoms with Crippen LogP contribution in [0.4, 0.5) is 4.79 Å². The second-order valence-corrected chi connectivity index (χ2v) is 8.22. The van der Waals surface area contributed by atoms with E-state index in [0.717, 1.165) is 32.2 Å². The molecule has 0 saturated carbocycles. The molecule has 0 bridgehead atoms. The number of hydrogen-bond acceptors (Lipinski definition) is 3. The van der Waals surface area contributed by atoms with E-state index in [-0.39, 0.29) is 18.7 Å². The zero-order chi connectivity index (χ0) is 20.3. The van der Waals surface area contributed by atoms with Gasteiger partial charge < -0.3 is 14.7 Å². The minimum atomic E-state index is -0.246. The third-order valence-corrected chi connectivity index (χ3v) is 5.70. The summed E-state index contributed by atoms with van der Waals surface area (Å²) in [6.07, 6.45) is 24.3. The van der Waals surface area contributed by atoms with Crippen molar-refractivity contribution >= 4 is 6.09 Å². The predicted octanol–water partition coefficient (Wildman–Crippen LogP) is 6.62. The highest BCUT2D eigenvalue weighted by molar-refractivity contribution is 5.68. The number of amides is 1. The zero-order valence-corrected chi connectivity index (χ0v) is 18.4. The van der Waals surface area contributed by atoms with Gasteiger partial charge in [-0.05, 0) is 44.9 Å². The highest BCUT2D eigenvalue weighted by atomic mass is 16.6. The number of rotatable bonds is 17. The first-order valence-corrected chi connectivity index (χ1v) is 12.0. The van der Waals surface area contributed by atoms with E-state index in [1.807, 2.05) is 0 Å². The molecule has 1 saturated heterocycles. The lowest BCUT2D eigenvalue weighted by Gasteiger charge is -2.22. The summed E-state index contributed by atoms with van der Waals surface area (Å²) in [5.74, 6) is 0. The summed E-state index contributed by atoms with van der Waals surface area (Å²) < 4.78 is 5.34. The summed E-state index contributed by atoms with van der Waals surface area (Å²) in [4.78, 5) is 13.6. The zero-order valence-electron chi connectivity index (χ0n) is 18.4.